The van der Waals surface area contributed by atoms with E-state index < -0.39 is 5.82 Å². The first-order valence-electron chi connectivity index (χ1n) is 3.71. The van der Waals surface area contributed by atoms with E-state index in [0.29, 0.717) is 10.6 Å². The SMILES string of the molecule is CC(N)c1cc(F)c(C#N)cc1Cl. The Morgan fingerprint density at radius 1 is 1.62 bits per heavy atom. The van der Waals surface area contributed by atoms with Crippen molar-refractivity contribution >= 4 is 11.6 Å². The van der Waals surface area contributed by atoms with E-state index in [1.807, 2.05) is 0 Å². The van der Waals surface area contributed by atoms with Gasteiger partial charge in [0.05, 0.1) is 5.56 Å². The molecule has 13 heavy (non-hydrogen) atoms. The van der Waals surface area contributed by atoms with Gasteiger partial charge < -0.3 is 5.73 Å². The molecule has 0 saturated heterocycles. The Hall–Kier alpha value is -1.11. The second-order valence-electron chi connectivity index (χ2n) is 2.75. The highest BCUT2D eigenvalue weighted by molar-refractivity contribution is 6.31. The lowest BCUT2D eigenvalue weighted by atomic mass is 10.1. The Bertz CT molecular complexity index is 369. The molecule has 2 nitrogen and oxygen atoms in total. The zero-order valence-electron chi connectivity index (χ0n) is 7.01. The summed E-state index contributed by atoms with van der Waals surface area (Å²) in [5, 5.41) is 8.82. The van der Waals surface area contributed by atoms with Crippen LogP contribution in [0.4, 0.5) is 4.39 Å². The molecule has 1 atom stereocenters. The van der Waals surface area contributed by atoms with Gasteiger partial charge >= 0.3 is 0 Å². The Morgan fingerprint density at radius 2 is 2.23 bits per heavy atom. The minimum atomic E-state index is -0.584. The maximum atomic E-state index is 13.1. The van der Waals surface area contributed by atoms with E-state index in [9.17, 15) is 4.39 Å². The van der Waals surface area contributed by atoms with E-state index in [4.69, 9.17) is 22.6 Å². The van der Waals surface area contributed by atoms with Gasteiger partial charge in [0.2, 0.25) is 0 Å². The Balaban J connectivity index is 3.31. The molecule has 4 heteroatoms. The van der Waals surface area contributed by atoms with Gasteiger partial charge in [0.15, 0.2) is 0 Å². The molecule has 1 unspecified atom stereocenters. The topological polar surface area (TPSA) is 49.8 Å². The molecule has 68 valence electrons. The van der Waals surface area contributed by atoms with Gasteiger partial charge in [-0.25, -0.2) is 4.39 Å². The van der Waals surface area contributed by atoms with E-state index in [-0.39, 0.29) is 11.6 Å². The highest BCUT2D eigenvalue weighted by Crippen LogP contribution is 2.24. The van der Waals surface area contributed by atoms with E-state index in [2.05, 4.69) is 0 Å². The fraction of sp³-hybridized carbons (Fsp3) is 0.222. The van der Waals surface area contributed by atoms with Crippen LogP contribution in [0, 0.1) is 17.1 Å². The number of rotatable bonds is 1. The first-order valence-corrected chi connectivity index (χ1v) is 4.08. The average Bonchev–Trinajstić information content (AvgIpc) is 2.07. The summed E-state index contributed by atoms with van der Waals surface area (Å²) in [7, 11) is 0. The predicted octanol–water partition coefficient (Wildman–Crippen LogP) is 2.37. The average molecular weight is 199 g/mol. The molecule has 0 aliphatic carbocycles. The molecule has 0 saturated carbocycles. The second kappa shape index (κ2) is 3.73. The molecule has 0 aliphatic heterocycles. The maximum absolute atomic E-state index is 13.1. The summed E-state index contributed by atoms with van der Waals surface area (Å²) in [5.41, 5.74) is 5.99. The highest BCUT2D eigenvalue weighted by atomic mass is 35.5. The van der Waals surface area contributed by atoms with E-state index in [1.165, 1.54) is 12.1 Å². The van der Waals surface area contributed by atoms with Crippen molar-refractivity contribution in [1.82, 2.24) is 0 Å². The minimum Gasteiger partial charge on any atom is -0.324 e. The van der Waals surface area contributed by atoms with Crippen molar-refractivity contribution in [2.75, 3.05) is 0 Å². The van der Waals surface area contributed by atoms with Crippen LogP contribution in [0.1, 0.15) is 24.1 Å². The first kappa shape index (κ1) is 9.97. The van der Waals surface area contributed by atoms with Crippen molar-refractivity contribution in [3.63, 3.8) is 0 Å². The lowest BCUT2D eigenvalue weighted by Crippen LogP contribution is -2.06. The fourth-order valence-electron chi connectivity index (χ4n) is 0.997. The summed E-state index contributed by atoms with van der Waals surface area (Å²) in [6.45, 7) is 1.70. The van der Waals surface area contributed by atoms with Crippen LogP contribution in [0.3, 0.4) is 0 Å². The number of benzene rings is 1. The van der Waals surface area contributed by atoms with Crippen LogP contribution in [-0.4, -0.2) is 0 Å². The summed E-state index contributed by atoms with van der Waals surface area (Å²) in [4.78, 5) is 0. The molecule has 1 aromatic rings. The summed E-state index contributed by atoms with van der Waals surface area (Å²) >= 11 is 5.78. The number of nitriles is 1. The number of hydrogen-bond donors (Lipinski definition) is 1. The summed E-state index contributed by atoms with van der Waals surface area (Å²) in [6, 6.07) is 3.85. The lowest BCUT2D eigenvalue weighted by Gasteiger charge is -2.08. The minimum absolute atomic E-state index is 0.0607. The Labute approximate surface area is 80.7 Å². The van der Waals surface area contributed by atoms with Crippen molar-refractivity contribution in [3.8, 4) is 6.07 Å². The molecule has 0 bridgehead atoms. The zero-order valence-corrected chi connectivity index (χ0v) is 7.77. The van der Waals surface area contributed by atoms with Crippen LogP contribution in [-0.2, 0) is 0 Å². The third-order valence-corrected chi connectivity index (χ3v) is 2.02. The van der Waals surface area contributed by atoms with Crippen LogP contribution in [0.15, 0.2) is 12.1 Å². The molecule has 0 heterocycles. The predicted molar refractivity (Wildman–Crippen MR) is 48.7 cm³/mol. The van der Waals surface area contributed by atoms with Crippen LogP contribution >= 0.6 is 11.6 Å². The molecule has 0 fully saturated rings. The maximum Gasteiger partial charge on any atom is 0.141 e. The zero-order chi connectivity index (χ0) is 10.0. The van der Waals surface area contributed by atoms with Crippen LogP contribution < -0.4 is 5.73 Å². The van der Waals surface area contributed by atoms with Gasteiger partial charge in [0.25, 0.3) is 0 Å². The molecule has 0 spiro atoms. The van der Waals surface area contributed by atoms with Crippen LogP contribution in [0.5, 0.6) is 0 Å². The molecule has 1 rings (SSSR count). The van der Waals surface area contributed by atoms with E-state index in [1.54, 1.807) is 13.0 Å². The first-order chi connectivity index (χ1) is 6.06. The van der Waals surface area contributed by atoms with E-state index >= 15 is 0 Å². The smallest absolute Gasteiger partial charge is 0.141 e. The largest absolute Gasteiger partial charge is 0.324 e. The van der Waals surface area contributed by atoms with Gasteiger partial charge in [-0.1, -0.05) is 11.6 Å². The molecule has 0 aliphatic rings. The van der Waals surface area contributed by atoms with Crippen molar-refractivity contribution in [1.29, 1.82) is 5.26 Å². The van der Waals surface area contributed by atoms with Gasteiger partial charge in [0.1, 0.15) is 11.9 Å². The summed E-state index contributed by atoms with van der Waals surface area (Å²) in [5.74, 6) is -0.584. The molecule has 0 radical (unpaired) electrons. The number of nitrogens with two attached hydrogens (primary N) is 1. The summed E-state index contributed by atoms with van der Waals surface area (Å²) in [6.07, 6.45) is 0. The van der Waals surface area contributed by atoms with Crippen molar-refractivity contribution in [3.05, 3.63) is 34.1 Å². The second-order valence-corrected chi connectivity index (χ2v) is 3.16. The van der Waals surface area contributed by atoms with Crippen molar-refractivity contribution in [2.45, 2.75) is 13.0 Å². The Kier molecular flexibility index (Phi) is 2.86. The highest BCUT2D eigenvalue weighted by Gasteiger charge is 2.10. The molecular formula is C9H8ClFN2. The van der Waals surface area contributed by atoms with Crippen molar-refractivity contribution in [2.24, 2.45) is 5.73 Å². The van der Waals surface area contributed by atoms with Gasteiger partial charge in [-0.3, -0.25) is 0 Å². The van der Waals surface area contributed by atoms with Gasteiger partial charge in [-0.05, 0) is 24.6 Å². The molecule has 1 aromatic carbocycles. The summed E-state index contributed by atoms with van der Waals surface area (Å²) < 4.78 is 13.1. The van der Waals surface area contributed by atoms with E-state index in [0.717, 1.165) is 0 Å². The standard InChI is InChI=1S/C9H8ClFN2/c1-5(13)7-3-9(11)6(4-12)2-8(7)10/h2-3,5H,13H2,1H3. The van der Waals surface area contributed by atoms with Gasteiger partial charge in [0, 0.05) is 11.1 Å². The number of nitrogens with zero attached hydrogens (tertiary/aromatic N) is 1. The normalized spacial score (nSPS) is 12.2. The van der Waals surface area contributed by atoms with Crippen LogP contribution in [0.25, 0.3) is 0 Å². The third kappa shape index (κ3) is 1.97. The number of halogens is 2. The van der Waals surface area contributed by atoms with Gasteiger partial charge in [-0.15, -0.1) is 0 Å². The fourth-order valence-corrected chi connectivity index (χ4v) is 1.33. The molecule has 2 N–H and O–H groups in total. The van der Waals surface area contributed by atoms with Gasteiger partial charge in [-0.2, -0.15) is 5.26 Å². The molecular weight excluding hydrogens is 191 g/mol. The molecule has 0 aromatic heterocycles. The molecule has 0 amide bonds. The monoisotopic (exact) mass is 198 g/mol. The Morgan fingerprint density at radius 3 is 2.69 bits per heavy atom. The quantitative estimate of drug-likeness (QED) is 0.753. The van der Waals surface area contributed by atoms with Crippen LogP contribution in [0.2, 0.25) is 5.02 Å². The van der Waals surface area contributed by atoms with Crippen molar-refractivity contribution < 1.29 is 4.39 Å². The lowest BCUT2D eigenvalue weighted by molar-refractivity contribution is 0.618. The number of hydrogen-bond acceptors (Lipinski definition) is 2. The third-order valence-electron chi connectivity index (χ3n) is 1.70.